The number of hydrogen-bond acceptors (Lipinski definition) is 8. The van der Waals surface area contributed by atoms with Crippen LogP contribution in [-0.2, 0) is 14.6 Å². The number of amides is 1. The van der Waals surface area contributed by atoms with E-state index in [1.54, 1.807) is 46.5 Å². The first-order chi connectivity index (χ1) is 15.3. The summed E-state index contributed by atoms with van der Waals surface area (Å²) < 4.78 is 29.0. The summed E-state index contributed by atoms with van der Waals surface area (Å²) in [6.45, 7) is 1.24. The Morgan fingerprint density at radius 1 is 1.06 bits per heavy atom. The largest absolute Gasteiger partial charge is 0.481 e. The number of sulfone groups is 1. The van der Waals surface area contributed by atoms with Gasteiger partial charge in [0.15, 0.2) is 21.7 Å². The van der Waals surface area contributed by atoms with E-state index < -0.39 is 15.9 Å². The summed E-state index contributed by atoms with van der Waals surface area (Å²) in [5.74, 6) is 1.19. The van der Waals surface area contributed by atoms with Crippen LogP contribution >= 0.6 is 0 Å². The summed E-state index contributed by atoms with van der Waals surface area (Å²) in [6, 6.07) is 6.98. The monoisotopic (exact) mass is 456 g/mol. The second-order valence-corrected chi connectivity index (χ2v) is 11.0. The lowest BCUT2D eigenvalue weighted by atomic mass is 10.1. The van der Waals surface area contributed by atoms with E-state index in [-0.39, 0.29) is 22.9 Å². The molecule has 1 saturated carbocycles. The number of nitrogens with zero attached hydrogens (tertiary/aromatic N) is 4. The Morgan fingerprint density at radius 3 is 2.31 bits per heavy atom. The standard InChI is InChI=1S/C22H24N4O5S/c1-32(29,30)18-12-25(13-18)22-23-10-16(11-24-22)26-9-8-19(21(26)28)31-17-6-4-15(5-7-17)20(27)14-2-3-14/h4-7,10-11,14,18-19H,2-3,8-9,12-13H2,1H3/t19-/m0/s1. The Labute approximate surface area is 186 Å². The van der Waals surface area contributed by atoms with Crippen molar-refractivity contribution in [3.05, 3.63) is 42.2 Å². The fourth-order valence-corrected chi connectivity index (χ4v) is 4.85. The summed E-state index contributed by atoms with van der Waals surface area (Å²) in [6.07, 6.45) is 6.25. The summed E-state index contributed by atoms with van der Waals surface area (Å²) in [4.78, 5) is 37.0. The van der Waals surface area contributed by atoms with Crippen LogP contribution in [0.5, 0.6) is 5.75 Å². The highest BCUT2D eigenvalue weighted by Crippen LogP contribution is 2.33. The van der Waals surface area contributed by atoms with Crippen LogP contribution in [0.15, 0.2) is 36.7 Å². The first kappa shape index (κ1) is 20.9. The van der Waals surface area contributed by atoms with E-state index in [2.05, 4.69) is 9.97 Å². The molecular weight excluding hydrogens is 432 g/mol. The molecule has 1 amide bonds. The molecule has 0 bridgehead atoms. The summed E-state index contributed by atoms with van der Waals surface area (Å²) in [5, 5.41) is -0.385. The molecule has 0 N–H and O–H groups in total. The molecule has 0 unspecified atom stereocenters. The lowest BCUT2D eigenvalue weighted by Crippen LogP contribution is -2.55. The van der Waals surface area contributed by atoms with Crippen molar-refractivity contribution in [3.8, 4) is 5.75 Å². The highest BCUT2D eigenvalue weighted by Gasteiger charge is 2.37. The van der Waals surface area contributed by atoms with Gasteiger partial charge in [0, 0.05) is 43.8 Å². The van der Waals surface area contributed by atoms with Crippen LogP contribution in [0, 0.1) is 5.92 Å². The van der Waals surface area contributed by atoms with Gasteiger partial charge in [-0.2, -0.15) is 0 Å². The maximum absolute atomic E-state index is 12.8. The van der Waals surface area contributed by atoms with Crippen LogP contribution in [0.2, 0.25) is 0 Å². The van der Waals surface area contributed by atoms with Gasteiger partial charge < -0.3 is 14.5 Å². The zero-order chi connectivity index (χ0) is 22.5. The Kier molecular flexibility index (Phi) is 5.11. The van der Waals surface area contributed by atoms with Gasteiger partial charge in [0.05, 0.1) is 23.3 Å². The van der Waals surface area contributed by atoms with Gasteiger partial charge in [-0.3, -0.25) is 9.59 Å². The Morgan fingerprint density at radius 2 is 1.72 bits per heavy atom. The van der Waals surface area contributed by atoms with Gasteiger partial charge in [-0.05, 0) is 37.1 Å². The third kappa shape index (κ3) is 4.06. The molecule has 3 fully saturated rings. The highest BCUT2D eigenvalue weighted by atomic mass is 32.2. The molecule has 0 radical (unpaired) electrons. The molecule has 10 heteroatoms. The molecule has 1 aliphatic carbocycles. The van der Waals surface area contributed by atoms with Gasteiger partial charge in [-0.25, -0.2) is 18.4 Å². The molecule has 2 saturated heterocycles. The van der Waals surface area contributed by atoms with E-state index in [1.807, 2.05) is 0 Å². The molecule has 9 nitrogen and oxygen atoms in total. The predicted molar refractivity (Wildman–Crippen MR) is 118 cm³/mol. The van der Waals surface area contributed by atoms with Crippen molar-refractivity contribution in [3.63, 3.8) is 0 Å². The van der Waals surface area contributed by atoms with Crippen LogP contribution in [0.4, 0.5) is 11.6 Å². The molecule has 1 aromatic carbocycles. The van der Waals surface area contributed by atoms with Gasteiger partial charge in [0.25, 0.3) is 5.91 Å². The number of benzene rings is 1. The molecule has 32 heavy (non-hydrogen) atoms. The molecule has 0 spiro atoms. The molecule has 1 aromatic heterocycles. The second kappa shape index (κ2) is 7.84. The third-order valence-electron chi connectivity index (χ3n) is 6.19. The number of hydrogen-bond donors (Lipinski definition) is 0. The zero-order valence-corrected chi connectivity index (χ0v) is 18.5. The molecule has 3 aliphatic rings. The summed E-state index contributed by atoms with van der Waals surface area (Å²) in [7, 11) is -3.06. The first-order valence-corrected chi connectivity index (χ1v) is 12.6. The minimum absolute atomic E-state index is 0.166. The molecule has 5 rings (SSSR count). The Balaban J connectivity index is 1.19. The van der Waals surface area contributed by atoms with Crippen molar-refractivity contribution in [2.24, 2.45) is 5.92 Å². The van der Waals surface area contributed by atoms with E-state index in [0.29, 0.717) is 49.0 Å². The summed E-state index contributed by atoms with van der Waals surface area (Å²) >= 11 is 0. The lowest BCUT2D eigenvalue weighted by molar-refractivity contribution is -0.122. The number of aromatic nitrogens is 2. The summed E-state index contributed by atoms with van der Waals surface area (Å²) in [5.41, 5.74) is 1.26. The Hall–Kier alpha value is -3.01. The lowest BCUT2D eigenvalue weighted by Gasteiger charge is -2.37. The average Bonchev–Trinajstić information content (AvgIpc) is 3.51. The smallest absolute Gasteiger partial charge is 0.268 e. The number of rotatable bonds is 7. The number of carbonyl (C=O) groups is 2. The number of anilines is 2. The van der Waals surface area contributed by atoms with E-state index in [4.69, 9.17) is 4.74 Å². The zero-order valence-electron chi connectivity index (χ0n) is 17.7. The van der Waals surface area contributed by atoms with E-state index >= 15 is 0 Å². The van der Waals surface area contributed by atoms with Crippen molar-refractivity contribution in [2.75, 3.05) is 35.7 Å². The van der Waals surface area contributed by atoms with E-state index in [9.17, 15) is 18.0 Å². The number of ketones is 1. The fraction of sp³-hybridized carbons (Fsp3) is 0.455. The van der Waals surface area contributed by atoms with Crippen molar-refractivity contribution in [1.29, 1.82) is 0 Å². The molecule has 2 aromatic rings. The second-order valence-electron chi connectivity index (χ2n) is 8.65. The van der Waals surface area contributed by atoms with E-state index in [0.717, 1.165) is 12.8 Å². The molecular formula is C22H24N4O5S. The van der Waals surface area contributed by atoms with Crippen LogP contribution in [-0.4, -0.2) is 67.3 Å². The molecule has 3 heterocycles. The van der Waals surface area contributed by atoms with Crippen LogP contribution in [0.1, 0.15) is 29.6 Å². The molecule has 2 aliphatic heterocycles. The molecule has 168 valence electrons. The van der Waals surface area contributed by atoms with Crippen molar-refractivity contribution >= 4 is 33.2 Å². The van der Waals surface area contributed by atoms with Crippen LogP contribution in [0.3, 0.4) is 0 Å². The fourth-order valence-electron chi connectivity index (χ4n) is 3.95. The minimum atomic E-state index is -3.06. The minimum Gasteiger partial charge on any atom is -0.481 e. The quantitative estimate of drug-likeness (QED) is 0.577. The van der Waals surface area contributed by atoms with Gasteiger partial charge in [0.2, 0.25) is 5.95 Å². The highest BCUT2D eigenvalue weighted by molar-refractivity contribution is 7.91. The van der Waals surface area contributed by atoms with Crippen molar-refractivity contribution in [1.82, 2.24) is 9.97 Å². The predicted octanol–water partition coefficient (Wildman–Crippen LogP) is 1.49. The van der Waals surface area contributed by atoms with Gasteiger partial charge in [0.1, 0.15) is 5.75 Å². The van der Waals surface area contributed by atoms with Gasteiger partial charge in [-0.1, -0.05) is 0 Å². The normalized spacial score (nSPS) is 21.5. The van der Waals surface area contributed by atoms with E-state index in [1.165, 1.54) is 6.26 Å². The third-order valence-corrected chi connectivity index (χ3v) is 7.70. The maximum Gasteiger partial charge on any atom is 0.268 e. The Bertz CT molecular complexity index is 1140. The average molecular weight is 457 g/mol. The topological polar surface area (TPSA) is 110 Å². The van der Waals surface area contributed by atoms with Crippen LogP contribution < -0.4 is 14.5 Å². The number of ether oxygens (including phenoxy) is 1. The van der Waals surface area contributed by atoms with Gasteiger partial charge in [-0.15, -0.1) is 0 Å². The number of carbonyl (C=O) groups excluding carboxylic acids is 2. The SMILES string of the molecule is CS(=O)(=O)C1CN(c2ncc(N3CC[C@H](Oc4ccc(C(=O)C5CC5)cc4)C3=O)cn2)C1. The first-order valence-electron chi connectivity index (χ1n) is 10.7. The molecule has 1 atom stereocenters. The van der Waals surface area contributed by atoms with Crippen molar-refractivity contribution in [2.45, 2.75) is 30.6 Å². The number of Topliss-reactive ketones (excluding diaryl/α,β-unsaturated/α-hetero) is 1. The van der Waals surface area contributed by atoms with Crippen LogP contribution in [0.25, 0.3) is 0 Å². The maximum atomic E-state index is 12.8. The van der Waals surface area contributed by atoms with Gasteiger partial charge >= 0.3 is 0 Å². The van der Waals surface area contributed by atoms with Crippen molar-refractivity contribution < 1.29 is 22.7 Å².